The SMILES string of the molecule is CC[C@H](C)NC(=O)[C@@H](Cc1ccccc1)N(Cc1ccccc1Cl)C(=O)CCc1ccccc1. The molecule has 0 aliphatic heterocycles. The Labute approximate surface area is 207 Å². The van der Waals surface area contributed by atoms with E-state index in [0.29, 0.717) is 24.3 Å². The average molecular weight is 477 g/mol. The Morgan fingerprint density at radius 3 is 2.09 bits per heavy atom. The molecule has 178 valence electrons. The topological polar surface area (TPSA) is 49.4 Å². The van der Waals surface area contributed by atoms with E-state index in [1.807, 2.05) is 98.8 Å². The molecule has 0 heterocycles. The average Bonchev–Trinajstić information content (AvgIpc) is 2.86. The molecular weight excluding hydrogens is 444 g/mol. The molecule has 0 aromatic heterocycles. The Kier molecular flexibility index (Phi) is 9.72. The highest BCUT2D eigenvalue weighted by molar-refractivity contribution is 6.31. The normalized spacial score (nSPS) is 12.6. The predicted molar refractivity (Wildman–Crippen MR) is 139 cm³/mol. The smallest absolute Gasteiger partial charge is 0.243 e. The zero-order valence-electron chi connectivity index (χ0n) is 19.9. The fourth-order valence-electron chi connectivity index (χ4n) is 3.84. The van der Waals surface area contributed by atoms with Gasteiger partial charge < -0.3 is 10.2 Å². The molecule has 0 fully saturated rings. The standard InChI is InChI=1S/C29H33ClN2O2/c1-3-22(2)31-29(34)27(20-24-14-8-5-9-15-24)32(21-25-16-10-11-17-26(25)30)28(33)19-18-23-12-6-4-7-13-23/h4-17,22,27H,3,18-21H2,1-2H3,(H,31,34)/t22-,27+/m0/s1. The Balaban J connectivity index is 1.92. The maximum Gasteiger partial charge on any atom is 0.243 e. The Hall–Kier alpha value is -3.11. The van der Waals surface area contributed by atoms with Gasteiger partial charge in [0.1, 0.15) is 6.04 Å². The summed E-state index contributed by atoms with van der Waals surface area (Å²) in [5.41, 5.74) is 2.93. The molecule has 4 nitrogen and oxygen atoms in total. The number of benzene rings is 3. The summed E-state index contributed by atoms with van der Waals surface area (Å²) in [4.78, 5) is 28.8. The summed E-state index contributed by atoms with van der Waals surface area (Å²) in [5, 5.41) is 3.68. The number of carbonyl (C=O) groups is 2. The predicted octanol–water partition coefficient (Wildman–Crippen LogP) is 5.83. The molecule has 2 amide bonds. The Bertz CT molecular complexity index is 1060. The van der Waals surface area contributed by atoms with Crippen molar-refractivity contribution >= 4 is 23.4 Å². The van der Waals surface area contributed by atoms with Crippen LogP contribution in [0.15, 0.2) is 84.9 Å². The molecule has 0 aliphatic rings. The summed E-state index contributed by atoms with van der Waals surface area (Å²) >= 11 is 6.46. The molecule has 34 heavy (non-hydrogen) atoms. The Morgan fingerprint density at radius 2 is 1.47 bits per heavy atom. The van der Waals surface area contributed by atoms with E-state index >= 15 is 0 Å². The first-order valence-corrected chi connectivity index (χ1v) is 12.3. The molecule has 3 rings (SSSR count). The van der Waals surface area contributed by atoms with Gasteiger partial charge in [0.15, 0.2) is 0 Å². The van der Waals surface area contributed by atoms with Gasteiger partial charge in [-0.15, -0.1) is 0 Å². The zero-order chi connectivity index (χ0) is 24.3. The molecule has 2 atom stereocenters. The lowest BCUT2D eigenvalue weighted by Gasteiger charge is -2.32. The Morgan fingerprint density at radius 1 is 0.882 bits per heavy atom. The summed E-state index contributed by atoms with van der Waals surface area (Å²) in [5.74, 6) is -0.206. The number of nitrogens with one attached hydrogen (secondary N) is 1. The number of hydrogen-bond donors (Lipinski definition) is 1. The maximum absolute atomic E-state index is 13.6. The van der Waals surface area contributed by atoms with Crippen LogP contribution >= 0.6 is 11.6 Å². The van der Waals surface area contributed by atoms with Crippen LogP contribution in [0.1, 0.15) is 43.4 Å². The van der Waals surface area contributed by atoms with E-state index in [1.165, 1.54) is 0 Å². The number of halogens is 1. The lowest BCUT2D eigenvalue weighted by atomic mass is 10.0. The van der Waals surface area contributed by atoms with E-state index in [9.17, 15) is 9.59 Å². The van der Waals surface area contributed by atoms with Crippen molar-refractivity contribution in [3.05, 3.63) is 107 Å². The van der Waals surface area contributed by atoms with Crippen LogP contribution in [0.3, 0.4) is 0 Å². The molecule has 0 unspecified atom stereocenters. The van der Waals surface area contributed by atoms with Crippen LogP contribution in [0.5, 0.6) is 0 Å². The second-order valence-electron chi connectivity index (χ2n) is 8.62. The van der Waals surface area contributed by atoms with E-state index < -0.39 is 6.04 Å². The van der Waals surface area contributed by atoms with Gasteiger partial charge in [-0.25, -0.2) is 0 Å². The quantitative estimate of drug-likeness (QED) is 0.378. The van der Waals surface area contributed by atoms with Gasteiger partial charge in [0.05, 0.1) is 0 Å². The van der Waals surface area contributed by atoms with Crippen LogP contribution in [0, 0.1) is 0 Å². The largest absolute Gasteiger partial charge is 0.352 e. The fraction of sp³-hybridized carbons (Fsp3) is 0.310. The number of nitrogens with zero attached hydrogens (tertiary/aromatic N) is 1. The first kappa shape index (κ1) is 25.5. The number of amides is 2. The molecule has 0 radical (unpaired) electrons. The molecule has 1 N–H and O–H groups in total. The lowest BCUT2D eigenvalue weighted by molar-refractivity contribution is -0.141. The van der Waals surface area contributed by atoms with Crippen molar-refractivity contribution in [2.75, 3.05) is 0 Å². The minimum Gasteiger partial charge on any atom is -0.352 e. The van der Waals surface area contributed by atoms with Crippen molar-refractivity contribution in [1.82, 2.24) is 10.2 Å². The molecule has 0 aliphatic carbocycles. The fourth-order valence-corrected chi connectivity index (χ4v) is 4.04. The van der Waals surface area contributed by atoms with Crippen LogP contribution in [-0.2, 0) is 29.0 Å². The van der Waals surface area contributed by atoms with Crippen molar-refractivity contribution in [1.29, 1.82) is 0 Å². The highest BCUT2D eigenvalue weighted by Crippen LogP contribution is 2.21. The molecule has 0 saturated heterocycles. The third-order valence-corrected chi connectivity index (χ3v) is 6.41. The van der Waals surface area contributed by atoms with Gasteiger partial charge in [-0.3, -0.25) is 9.59 Å². The van der Waals surface area contributed by atoms with E-state index in [4.69, 9.17) is 11.6 Å². The van der Waals surface area contributed by atoms with Gasteiger partial charge in [-0.1, -0.05) is 97.4 Å². The molecule has 0 spiro atoms. The minimum atomic E-state index is -0.643. The van der Waals surface area contributed by atoms with E-state index in [2.05, 4.69) is 5.32 Å². The van der Waals surface area contributed by atoms with Gasteiger partial charge in [0.25, 0.3) is 0 Å². The van der Waals surface area contributed by atoms with Crippen molar-refractivity contribution in [2.24, 2.45) is 0 Å². The van der Waals surface area contributed by atoms with Gasteiger partial charge in [0, 0.05) is 30.5 Å². The first-order valence-electron chi connectivity index (χ1n) is 11.9. The van der Waals surface area contributed by atoms with Crippen molar-refractivity contribution in [3.63, 3.8) is 0 Å². The molecular formula is C29H33ClN2O2. The number of aryl methyl sites for hydroxylation is 1. The van der Waals surface area contributed by atoms with Crippen LogP contribution in [0.2, 0.25) is 5.02 Å². The van der Waals surface area contributed by atoms with E-state index in [-0.39, 0.29) is 24.4 Å². The summed E-state index contributed by atoms with van der Waals surface area (Å²) in [7, 11) is 0. The van der Waals surface area contributed by atoms with Crippen molar-refractivity contribution in [3.8, 4) is 0 Å². The lowest BCUT2D eigenvalue weighted by Crippen LogP contribution is -2.52. The zero-order valence-corrected chi connectivity index (χ0v) is 20.7. The van der Waals surface area contributed by atoms with Gasteiger partial charge in [-0.05, 0) is 42.5 Å². The number of carbonyl (C=O) groups excluding carboxylic acids is 2. The summed E-state index contributed by atoms with van der Waals surface area (Å²) in [6.07, 6.45) is 2.18. The molecule has 5 heteroatoms. The number of hydrogen-bond acceptors (Lipinski definition) is 2. The van der Waals surface area contributed by atoms with Crippen molar-refractivity contribution in [2.45, 2.75) is 58.2 Å². The highest BCUT2D eigenvalue weighted by Gasteiger charge is 2.31. The molecule has 0 bridgehead atoms. The second kappa shape index (κ2) is 13.0. The monoisotopic (exact) mass is 476 g/mol. The maximum atomic E-state index is 13.6. The molecule has 0 saturated carbocycles. The minimum absolute atomic E-state index is 0.0207. The third kappa shape index (κ3) is 7.46. The van der Waals surface area contributed by atoms with E-state index in [1.54, 1.807) is 4.90 Å². The van der Waals surface area contributed by atoms with Crippen LogP contribution < -0.4 is 5.32 Å². The van der Waals surface area contributed by atoms with Crippen LogP contribution in [-0.4, -0.2) is 28.8 Å². The summed E-state index contributed by atoms with van der Waals surface area (Å²) in [6, 6.07) is 26.6. The van der Waals surface area contributed by atoms with Crippen molar-refractivity contribution < 1.29 is 9.59 Å². The number of rotatable bonds is 11. The van der Waals surface area contributed by atoms with Gasteiger partial charge in [0.2, 0.25) is 11.8 Å². The second-order valence-corrected chi connectivity index (χ2v) is 9.03. The third-order valence-electron chi connectivity index (χ3n) is 6.04. The molecule has 3 aromatic rings. The van der Waals surface area contributed by atoms with Gasteiger partial charge in [-0.2, -0.15) is 0 Å². The molecule has 3 aromatic carbocycles. The highest BCUT2D eigenvalue weighted by atomic mass is 35.5. The first-order chi connectivity index (χ1) is 16.5. The van der Waals surface area contributed by atoms with Crippen LogP contribution in [0.4, 0.5) is 0 Å². The summed E-state index contributed by atoms with van der Waals surface area (Å²) in [6.45, 7) is 4.29. The van der Waals surface area contributed by atoms with E-state index in [0.717, 1.165) is 23.1 Å². The van der Waals surface area contributed by atoms with Crippen LogP contribution in [0.25, 0.3) is 0 Å². The van der Waals surface area contributed by atoms with Gasteiger partial charge >= 0.3 is 0 Å². The summed E-state index contributed by atoms with van der Waals surface area (Å²) < 4.78 is 0.